The molecule has 6 nitrogen and oxygen atoms in total. The molecule has 2 rings (SSSR count). The molecule has 0 aliphatic heterocycles. The fourth-order valence-corrected chi connectivity index (χ4v) is 2.93. The molecular formula is C23H28O6. The number of benzene rings is 2. The maximum atomic E-state index is 10.5. The second-order valence-electron chi connectivity index (χ2n) is 7.37. The Bertz CT molecular complexity index is 726. The van der Waals surface area contributed by atoms with Crippen LogP contribution < -0.4 is 9.47 Å². The van der Waals surface area contributed by atoms with Crippen molar-refractivity contribution in [1.82, 2.24) is 0 Å². The molecule has 0 saturated heterocycles. The SMILES string of the molecule is CC(C)(c1ccc(OCCCC(=O)O)cc1)c1ccc(OCCCC(=O)O)cc1. The maximum absolute atomic E-state index is 10.5. The van der Waals surface area contributed by atoms with E-state index in [1.54, 1.807) is 0 Å². The summed E-state index contributed by atoms with van der Waals surface area (Å²) in [5.74, 6) is -0.190. The van der Waals surface area contributed by atoms with Crippen LogP contribution in [0.1, 0.15) is 50.7 Å². The van der Waals surface area contributed by atoms with E-state index in [1.807, 2.05) is 48.5 Å². The highest BCUT2D eigenvalue weighted by Crippen LogP contribution is 2.33. The van der Waals surface area contributed by atoms with E-state index in [1.165, 1.54) is 0 Å². The van der Waals surface area contributed by atoms with E-state index in [0.29, 0.717) is 26.1 Å². The first kappa shape index (κ1) is 22.3. The lowest BCUT2D eigenvalue weighted by Crippen LogP contribution is -2.18. The fourth-order valence-electron chi connectivity index (χ4n) is 2.93. The van der Waals surface area contributed by atoms with Gasteiger partial charge in [-0.3, -0.25) is 9.59 Å². The first-order chi connectivity index (χ1) is 13.8. The van der Waals surface area contributed by atoms with Crippen LogP contribution in [0.4, 0.5) is 0 Å². The maximum Gasteiger partial charge on any atom is 0.303 e. The topological polar surface area (TPSA) is 93.1 Å². The molecule has 0 unspecified atom stereocenters. The van der Waals surface area contributed by atoms with Crippen molar-refractivity contribution in [1.29, 1.82) is 0 Å². The molecule has 2 aromatic rings. The van der Waals surface area contributed by atoms with Crippen molar-refractivity contribution in [3.8, 4) is 11.5 Å². The summed E-state index contributed by atoms with van der Waals surface area (Å²) >= 11 is 0. The average Bonchev–Trinajstić information content (AvgIpc) is 2.69. The average molecular weight is 400 g/mol. The Balaban J connectivity index is 1.93. The third kappa shape index (κ3) is 7.14. The summed E-state index contributed by atoms with van der Waals surface area (Å²) in [4.78, 5) is 21.1. The number of carboxylic acid groups (broad SMARTS) is 2. The fraction of sp³-hybridized carbons (Fsp3) is 0.391. The predicted octanol–water partition coefficient (Wildman–Crippen LogP) is 4.50. The molecule has 0 radical (unpaired) electrons. The van der Waals surface area contributed by atoms with Gasteiger partial charge in [0.2, 0.25) is 0 Å². The van der Waals surface area contributed by atoms with Crippen molar-refractivity contribution in [2.24, 2.45) is 0 Å². The number of aliphatic carboxylic acids is 2. The van der Waals surface area contributed by atoms with Crippen LogP contribution in [0.25, 0.3) is 0 Å². The number of carboxylic acids is 2. The second kappa shape index (κ2) is 10.5. The van der Waals surface area contributed by atoms with E-state index in [-0.39, 0.29) is 18.3 Å². The van der Waals surface area contributed by atoms with Crippen LogP contribution >= 0.6 is 0 Å². The Hall–Kier alpha value is -3.02. The molecule has 0 aliphatic carbocycles. The van der Waals surface area contributed by atoms with Crippen molar-refractivity contribution in [3.63, 3.8) is 0 Å². The molecule has 0 heterocycles. The third-order valence-electron chi connectivity index (χ3n) is 4.76. The van der Waals surface area contributed by atoms with Gasteiger partial charge in [0.15, 0.2) is 0 Å². The van der Waals surface area contributed by atoms with Crippen LogP contribution in [0.2, 0.25) is 0 Å². The van der Waals surface area contributed by atoms with Crippen LogP contribution in [-0.4, -0.2) is 35.4 Å². The minimum Gasteiger partial charge on any atom is -0.494 e. The zero-order valence-corrected chi connectivity index (χ0v) is 16.9. The summed E-state index contributed by atoms with van der Waals surface area (Å²) in [5, 5.41) is 17.3. The van der Waals surface area contributed by atoms with Crippen molar-refractivity contribution in [2.75, 3.05) is 13.2 Å². The number of hydrogen-bond acceptors (Lipinski definition) is 4. The monoisotopic (exact) mass is 400 g/mol. The number of hydrogen-bond donors (Lipinski definition) is 2. The molecule has 0 spiro atoms. The van der Waals surface area contributed by atoms with Crippen LogP contribution in [0.3, 0.4) is 0 Å². The summed E-state index contributed by atoms with van der Waals surface area (Å²) in [6.07, 6.45) is 1.16. The molecular weight excluding hydrogens is 372 g/mol. The molecule has 0 aromatic heterocycles. The standard InChI is InChI=1S/C23H28O6/c1-23(2,17-7-11-19(12-8-17)28-15-3-5-21(24)25)18-9-13-20(14-10-18)29-16-4-6-22(26)27/h7-14H,3-6,15-16H2,1-2H3,(H,24,25)(H,26,27). The van der Waals surface area contributed by atoms with Gasteiger partial charge in [-0.05, 0) is 48.2 Å². The number of carbonyl (C=O) groups is 2. The smallest absolute Gasteiger partial charge is 0.303 e. The van der Waals surface area contributed by atoms with Crippen molar-refractivity contribution >= 4 is 11.9 Å². The van der Waals surface area contributed by atoms with Gasteiger partial charge in [-0.15, -0.1) is 0 Å². The normalized spacial score (nSPS) is 11.1. The summed E-state index contributed by atoms with van der Waals surface area (Å²) in [7, 11) is 0. The van der Waals surface area contributed by atoms with Crippen molar-refractivity contribution in [2.45, 2.75) is 44.9 Å². The van der Waals surface area contributed by atoms with E-state index in [4.69, 9.17) is 19.7 Å². The van der Waals surface area contributed by atoms with Crippen LogP contribution in [-0.2, 0) is 15.0 Å². The van der Waals surface area contributed by atoms with E-state index < -0.39 is 11.9 Å². The van der Waals surface area contributed by atoms with Gasteiger partial charge in [-0.1, -0.05) is 38.1 Å². The molecule has 2 aromatic carbocycles. The Kier molecular flexibility index (Phi) is 8.07. The summed E-state index contributed by atoms with van der Waals surface area (Å²) in [5.41, 5.74) is 2.04. The Morgan fingerprint density at radius 1 is 0.724 bits per heavy atom. The quantitative estimate of drug-likeness (QED) is 0.510. The van der Waals surface area contributed by atoms with Crippen molar-refractivity contribution < 1.29 is 29.3 Å². The molecule has 0 atom stereocenters. The second-order valence-corrected chi connectivity index (χ2v) is 7.37. The number of rotatable bonds is 12. The summed E-state index contributed by atoms with van der Waals surface area (Å²) in [6.45, 7) is 5.03. The lowest BCUT2D eigenvalue weighted by molar-refractivity contribution is -0.138. The van der Waals surface area contributed by atoms with Gasteiger partial charge in [0.25, 0.3) is 0 Å². The molecule has 156 valence electrons. The Labute approximate surface area is 171 Å². The third-order valence-corrected chi connectivity index (χ3v) is 4.76. The largest absolute Gasteiger partial charge is 0.494 e. The molecule has 0 aliphatic rings. The van der Waals surface area contributed by atoms with E-state index in [2.05, 4.69) is 13.8 Å². The summed E-state index contributed by atoms with van der Waals surface area (Å²) in [6, 6.07) is 15.7. The van der Waals surface area contributed by atoms with Gasteiger partial charge in [0.05, 0.1) is 13.2 Å². The Morgan fingerprint density at radius 3 is 1.38 bits per heavy atom. The van der Waals surface area contributed by atoms with Gasteiger partial charge < -0.3 is 19.7 Å². The first-order valence-corrected chi connectivity index (χ1v) is 9.69. The van der Waals surface area contributed by atoms with Crippen LogP contribution in [0.15, 0.2) is 48.5 Å². The molecule has 2 N–H and O–H groups in total. The molecule has 0 amide bonds. The molecule has 0 fully saturated rings. The van der Waals surface area contributed by atoms with Gasteiger partial charge in [-0.25, -0.2) is 0 Å². The van der Waals surface area contributed by atoms with Gasteiger partial charge in [-0.2, -0.15) is 0 Å². The molecule has 29 heavy (non-hydrogen) atoms. The minimum atomic E-state index is -0.817. The van der Waals surface area contributed by atoms with E-state index in [0.717, 1.165) is 22.6 Å². The Morgan fingerprint density at radius 2 is 1.07 bits per heavy atom. The zero-order chi connectivity index (χ0) is 21.3. The lowest BCUT2D eigenvalue weighted by Gasteiger charge is -2.26. The number of ether oxygens (including phenoxy) is 2. The van der Waals surface area contributed by atoms with Gasteiger partial charge in [0.1, 0.15) is 11.5 Å². The van der Waals surface area contributed by atoms with Gasteiger partial charge >= 0.3 is 11.9 Å². The lowest BCUT2D eigenvalue weighted by atomic mass is 9.78. The van der Waals surface area contributed by atoms with Crippen molar-refractivity contribution in [3.05, 3.63) is 59.7 Å². The van der Waals surface area contributed by atoms with E-state index >= 15 is 0 Å². The highest BCUT2D eigenvalue weighted by atomic mass is 16.5. The zero-order valence-electron chi connectivity index (χ0n) is 16.9. The first-order valence-electron chi connectivity index (χ1n) is 9.69. The molecule has 0 saturated carbocycles. The highest BCUT2D eigenvalue weighted by Gasteiger charge is 2.23. The van der Waals surface area contributed by atoms with Crippen LogP contribution in [0, 0.1) is 0 Å². The minimum absolute atomic E-state index is 0.102. The van der Waals surface area contributed by atoms with Crippen LogP contribution in [0.5, 0.6) is 11.5 Å². The molecule has 0 bridgehead atoms. The van der Waals surface area contributed by atoms with E-state index in [9.17, 15) is 9.59 Å². The van der Waals surface area contributed by atoms with Gasteiger partial charge in [0, 0.05) is 18.3 Å². The molecule has 6 heteroatoms. The summed E-state index contributed by atoms with van der Waals surface area (Å²) < 4.78 is 11.2. The highest BCUT2D eigenvalue weighted by molar-refractivity contribution is 5.66. The predicted molar refractivity (Wildman–Crippen MR) is 110 cm³/mol.